The molecule has 0 saturated carbocycles. The predicted octanol–water partition coefficient (Wildman–Crippen LogP) is 2.09. The van der Waals surface area contributed by atoms with Gasteiger partial charge in [0, 0.05) is 18.1 Å². The van der Waals surface area contributed by atoms with Crippen LogP contribution >= 0.6 is 11.8 Å². The third kappa shape index (κ3) is 2.20. The van der Waals surface area contributed by atoms with Crippen molar-refractivity contribution in [3.63, 3.8) is 0 Å². The van der Waals surface area contributed by atoms with Crippen LogP contribution in [0.4, 0.5) is 0 Å². The molecule has 2 saturated heterocycles. The first-order valence-corrected chi connectivity index (χ1v) is 7.52. The Morgan fingerprint density at radius 3 is 2.73 bits per heavy atom. The first-order valence-electron chi connectivity index (χ1n) is 6.37. The van der Waals surface area contributed by atoms with E-state index >= 15 is 0 Å². The molecule has 88 valence electrons. The Labute approximate surface area is 98.0 Å². The summed E-state index contributed by atoms with van der Waals surface area (Å²) in [7, 11) is 0. The van der Waals surface area contributed by atoms with E-state index in [2.05, 4.69) is 23.6 Å². The molecule has 0 bridgehead atoms. The lowest BCUT2D eigenvalue weighted by molar-refractivity contribution is 0.0698. The molecular weight excluding hydrogens is 204 g/mol. The molecule has 0 aliphatic carbocycles. The van der Waals surface area contributed by atoms with Gasteiger partial charge >= 0.3 is 0 Å². The molecule has 2 N–H and O–H groups in total. The summed E-state index contributed by atoms with van der Waals surface area (Å²) in [5, 5.41) is 0. The number of thioether (sulfide) groups is 1. The Bertz CT molecular complexity index is 202. The summed E-state index contributed by atoms with van der Waals surface area (Å²) in [5.41, 5.74) is 6.45. The third-order valence-electron chi connectivity index (χ3n) is 4.26. The highest BCUT2D eigenvalue weighted by atomic mass is 32.2. The molecule has 2 aliphatic rings. The SMILES string of the molecule is CCC1CCCN1C1(CN)CCSCC1. The molecule has 1 atom stereocenters. The molecule has 2 fully saturated rings. The van der Waals surface area contributed by atoms with Gasteiger partial charge in [0.05, 0.1) is 0 Å². The smallest absolute Gasteiger partial charge is 0.0350 e. The zero-order chi connectivity index (χ0) is 10.7. The van der Waals surface area contributed by atoms with Crippen LogP contribution in [0.15, 0.2) is 0 Å². The number of hydrogen-bond acceptors (Lipinski definition) is 3. The van der Waals surface area contributed by atoms with Crippen molar-refractivity contribution in [2.24, 2.45) is 5.73 Å². The van der Waals surface area contributed by atoms with Crippen molar-refractivity contribution >= 4 is 11.8 Å². The highest BCUT2D eigenvalue weighted by molar-refractivity contribution is 7.99. The summed E-state index contributed by atoms with van der Waals surface area (Å²) in [4.78, 5) is 2.76. The summed E-state index contributed by atoms with van der Waals surface area (Å²) in [6.07, 6.45) is 6.70. The zero-order valence-corrected chi connectivity index (χ0v) is 10.7. The minimum absolute atomic E-state index is 0.364. The van der Waals surface area contributed by atoms with E-state index < -0.39 is 0 Å². The minimum Gasteiger partial charge on any atom is -0.329 e. The van der Waals surface area contributed by atoms with Crippen molar-refractivity contribution in [3.05, 3.63) is 0 Å². The van der Waals surface area contributed by atoms with Gasteiger partial charge in [0.25, 0.3) is 0 Å². The lowest BCUT2D eigenvalue weighted by Crippen LogP contribution is -2.57. The Balaban J connectivity index is 2.09. The monoisotopic (exact) mass is 228 g/mol. The highest BCUT2D eigenvalue weighted by Gasteiger charge is 2.41. The van der Waals surface area contributed by atoms with E-state index in [-0.39, 0.29) is 0 Å². The molecule has 0 aromatic rings. The average molecular weight is 228 g/mol. The minimum atomic E-state index is 0.364. The fraction of sp³-hybridized carbons (Fsp3) is 1.00. The maximum atomic E-state index is 6.08. The van der Waals surface area contributed by atoms with Crippen LogP contribution < -0.4 is 5.73 Å². The van der Waals surface area contributed by atoms with Gasteiger partial charge in [0.1, 0.15) is 0 Å². The molecule has 0 radical (unpaired) electrons. The van der Waals surface area contributed by atoms with Crippen molar-refractivity contribution in [1.29, 1.82) is 0 Å². The maximum absolute atomic E-state index is 6.08. The molecule has 0 spiro atoms. The van der Waals surface area contributed by atoms with Crippen LogP contribution in [-0.2, 0) is 0 Å². The largest absolute Gasteiger partial charge is 0.329 e. The van der Waals surface area contributed by atoms with Crippen LogP contribution in [0, 0.1) is 0 Å². The van der Waals surface area contributed by atoms with Crippen molar-refractivity contribution in [2.75, 3.05) is 24.6 Å². The van der Waals surface area contributed by atoms with Gasteiger partial charge < -0.3 is 5.73 Å². The summed E-state index contributed by atoms with van der Waals surface area (Å²) in [6, 6.07) is 0.816. The lowest BCUT2D eigenvalue weighted by Gasteiger charge is -2.46. The van der Waals surface area contributed by atoms with Gasteiger partial charge in [-0.2, -0.15) is 11.8 Å². The van der Waals surface area contributed by atoms with Crippen LogP contribution in [0.1, 0.15) is 39.0 Å². The van der Waals surface area contributed by atoms with E-state index in [1.54, 1.807) is 0 Å². The molecule has 2 heterocycles. The van der Waals surface area contributed by atoms with Crippen LogP contribution in [0.3, 0.4) is 0 Å². The average Bonchev–Trinajstić information content (AvgIpc) is 2.78. The van der Waals surface area contributed by atoms with Crippen LogP contribution in [0.2, 0.25) is 0 Å². The van der Waals surface area contributed by atoms with E-state index in [1.165, 1.54) is 50.2 Å². The van der Waals surface area contributed by atoms with Gasteiger partial charge in [-0.3, -0.25) is 4.90 Å². The quantitative estimate of drug-likeness (QED) is 0.802. The van der Waals surface area contributed by atoms with Crippen LogP contribution in [0.25, 0.3) is 0 Å². The van der Waals surface area contributed by atoms with Gasteiger partial charge in [0.15, 0.2) is 0 Å². The fourth-order valence-corrected chi connectivity index (χ4v) is 4.50. The van der Waals surface area contributed by atoms with Gasteiger partial charge in [-0.05, 0) is 50.2 Å². The zero-order valence-electron chi connectivity index (χ0n) is 9.87. The van der Waals surface area contributed by atoms with Gasteiger partial charge in [0.2, 0.25) is 0 Å². The normalized spacial score (nSPS) is 32.0. The summed E-state index contributed by atoms with van der Waals surface area (Å²) >= 11 is 2.10. The summed E-state index contributed by atoms with van der Waals surface area (Å²) in [5.74, 6) is 2.62. The van der Waals surface area contributed by atoms with Gasteiger partial charge in [-0.1, -0.05) is 6.92 Å². The molecule has 3 heteroatoms. The van der Waals surface area contributed by atoms with E-state index in [4.69, 9.17) is 5.73 Å². The van der Waals surface area contributed by atoms with Crippen LogP contribution in [-0.4, -0.2) is 41.1 Å². The van der Waals surface area contributed by atoms with Crippen molar-refractivity contribution in [2.45, 2.75) is 50.6 Å². The number of nitrogens with two attached hydrogens (primary N) is 1. The predicted molar refractivity (Wildman–Crippen MR) is 68.4 cm³/mol. The van der Waals surface area contributed by atoms with E-state index in [1.807, 2.05) is 0 Å². The highest BCUT2D eigenvalue weighted by Crippen LogP contribution is 2.37. The Morgan fingerprint density at radius 2 is 2.13 bits per heavy atom. The number of nitrogens with zero attached hydrogens (tertiary/aromatic N) is 1. The maximum Gasteiger partial charge on any atom is 0.0350 e. The van der Waals surface area contributed by atoms with E-state index in [0.29, 0.717) is 5.54 Å². The topological polar surface area (TPSA) is 29.3 Å². The molecule has 15 heavy (non-hydrogen) atoms. The molecule has 0 aromatic heterocycles. The first-order chi connectivity index (χ1) is 7.32. The van der Waals surface area contributed by atoms with Crippen molar-refractivity contribution < 1.29 is 0 Å². The molecule has 2 aliphatic heterocycles. The Morgan fingerprint density at radius 1 is 1.40 bits per heavy atom. The second kappa shape index (κ2) is 5.07. The molecule has 2 rings (SSSR count). The molecule has 0 amide bonds. The van der Waals surface area contributed by atoms with E-state index in [9.17, 15) is 0 Å². The number of hydrogen-bond donors (Lipinski definition) is 1. The first kappa shape index (κ1) is 11.7. The third-order valence-corrected chi connectivity index (χ3v) is 5.25. The van der Waals surface area contributed by atoms with Crippen LogP contribution in [0.5, 0.6) is 0 Å². The Hall–Kier alpha value is 0.270. The molecule has 2 nitrogen and oxygen atoms in total. The van der Waals surface area contributed by atoms with Gasteiger partial charge in [-0.15, -0.1) is 0 Å². The molecular formula is C12H24N2S. The van der Waals surface area contributed by atoms with Crippen molar-refractivity contribution in [3.8, 4) is 0 Å². The number of rotatable bonds is 3. The van der Waals surface area contributed by atoms with Crippen molar-refractivity contribution in [1.82, 2.24) is 4.90 Å². The second-order valence-electron chi connectivity index (χ2n) is 4.94. The fourth-order valence-electron chi connectivity index (χ4n) is 3.24. The van der Waals surface area contributed by atoms with Gasteiger partial charge in [-0.25, -0.2) is 0 Å². The molecule has 1 unspecified atom stereocenters. The Kier molecular flexibility index (Phi) is 3.97. The summed E-state index contributed by atoms with van der Waals surface area (Å²) in [6.45, 7) is 4.48. The number of likely N-dealkylation sites (tertiary alicyclic amines) is 1. The molecule has 0 aromatic carbocycles. The summed E-state index contributed by atoms with van der Waals surface area (Å²) < 4.78 is 0. The second-order valence-corrected chi connectivity index (χ2v) is 6.16. The lowest BCUT2D eigenvalue weighted by atomic mass is 9.89. The standard InChI is InChI=1S/C12H24N2S/c1-2-11-4-3-7-14(11)12(10-13)5-8-15-9-6-12/h11H,2-10,13H2,1H3. The van der Waals surface area contributed by atoms with E-state index in [0.717, 1.165) is 12.6 Å².